The van der Waals surface area contributed by atoms with Gasteiger partial charge in [0.05, 0.1) is 24.4 Å². The Morgan fingerprint density at radius 1 is 1.19 bits per heavy atom. The maximum Gasteiger partial charge on any atom is 1.00 e. The van der Waals surface area contributed by atoms with E-state index in [1.54, 1.807) is 29.6 Å². The van der Waals surface area contributed by atoms with Crippen LogP contribution in [0.3, 0.4) is 0 Å². The predicted octanol–water partition coefficient (Wildman–Crippen LogP) is -0.194. The van der Waals surface area contributed by atoms with Crippen molar-refractivity contribution in [3.8, 4) is 6.07 Å². The quantitative estimate of drug-likeness (QED) is 0.534. The predicted molar refractivity (Wildman–Crippen MR) is 120 cm³/mol. The van der Waals surface area contributed by atoms with Crippen LogP contribution in [-0.2, 0) is 22.6 Å². The largest absolute Gasteiger partial charge is 1.00 e. The van der Waals surface area contributed by atoms with Crippen molar-refractivity contribution in [1.29, 1.82) is 5.26 Å². The van der Waals surface area contributed by atoms with Crippen LogP contribution in [0.25, 0.3) is 0 Å². The summed E-state index contributed by atoms with van der Waals surface area (Å²) in [6.07, 6.45) is 4.07. The molecule has 2 amide bonds. The van der Waals surface area contributed by atoms with Crippen LogP contribution in [0.4, 0.5) is 5.69 Å². The molecule has 0 bridgehead atoms. The van der Waals surface area contributed by atoms with Gasteiger partial charge in [-0.25, -0.2) is 4.98 Å². The minimum atomic E-state index is -0.507. The van der Waals surface area contributed by atoms with Gasteiger partial charge in [0.15, 0.2) is 0 Å². The van der Waals surface area contributed by atoms with Crippen LogP contribution in [0.2, 0.25) is 0 Å². The molecule has 0 unspecified atom stereocenters. The van der Waals surface area contributed by atoms with E-state index in [1.807, 2.05) is 47.0 Å². The van der Waals surface area contributed by atoms with Crippen molar-refractivity contribution in [2.45, 2.75) is 25.4 Å². The van der Waals surface area contributed by atoms with E-state index in [9.17, 15) is 9.59 Å². The number of para-hydroxylation sites is 1. The molecule has 32 heavy (non-hydrogen) atoms. The summed E-state index contributed by atoms with van der Waals surface area (Å²) in [4.78, 5) is 31.1. The summed E-state index contributed by atoms with van der Waals surface area (Å²) in [5.74, 6) is -0.287. The second kappa shape index (κ2) is 11.5. The second-order valence-electron chi connectivity index (χ2n) is 7.23. The number of anilines is 1. The van der Waals surface area contributed by atoms with Gasteiger partial charge < -0.3 is 16.2 Å². The molecule has 1 fully saturated rings. The molecular formula is C23H23ClLiN5O2. The zero-order chi connectivity index (χ0) is 20.9. The number of hydrogen-bond donors (Lipinski definition) is 1. The first-order chi connectivity index (χ1) is 14.6. The molecule has 1 aromatic heterocycles. The third-order valence-corrected chi connectivity index (χ3v) is 5.18. The molecule has 0 radical (unpaired) electrons. The van der Waals surface area contributed by atoms with Crippen molar-refractivity contribution in [1.82, 2.24) is 14.9 Å². The van der Waals surface area contributed by atoms with E-state index in [-0.39, 0.29) is 50.9 Å². The molecule has 160 valence electrons. The Kier molecular flexibility index (Phi) is 9.10. The van der Waals surface area contributed by atoms with Crippen LogP contribution in [0.15, 0.2) is 67.1 Å². The molecule has 3 aromatic rings. The number of aromatic nitrogens is 2. The van der Waals surface area contributed by atoms with E-state index >= 15 is 0 Å². The topological polar surface area (TPSA) is 91.0 Å². The van der Waals surface area contributed by atoms with Gasteiger partial charge in [-0.1, -0.05) is 30.3 Å². The molecule has 0 aliphatic carbocycles. The number of amides is 2. The fourth-order valence-electron chi connectivity index (χ4n) is 3.61. The molecule has 0 spiro atoms. The Balaban J connectivity index is 0.00000181. The minimum absolute atomic E-state index is 0. The average Bonchev–Trinajstić information content (AvgIpc) is 3.35. The van der Waals surface area contributed by atoms with Crippen LogP contribution in [-0.4, -0.2) is 34.0 Å². The smallest absolute Gasteiger partial charge is 1.00 e. The third-order valence-electron chi connectivity index (χ3n) is 5.18. The number of rotatable bonds is 6. The molecule has 1 atom stereocenters. The second-order valence-corrected chi connectivity index (χ2v) is 7.23. The molecule has 0 saturated carbocycles. The molecule has 1 aliphatic rings. The average molecular weight is 444 g/mol. The first-order valence-electron chi connectivity index (χ1n) is 9.78. The molecule has 1 N–H and O–H groups in total. The Morgan fingerprint density at radius 2 is 1.91 bits per heavy atom. The molecule has 2 heterocycles. The third kappa shape index (κ3) is 5.81. The molecule has 7 nitrogen and oxygen atoms in total. The van der Waals surface area contributed by atoms with Crippen LogP contribution in [0.5, 0.6) is 0 Å². The summed E-state index contributed by atoms with van der Waals surface area (Å²) in [5.41, 5.74) is 3.23. The van der Waals surface area contributed by atoms with E-state index in [0.29, 0.717) is 25.1 Å². The van der Waals surface area contributed by atoms with E-state index in [4.69, 9.17) is 5.26 Å². The van der Waals surface area contributed by atoms with Crippen molar-refractivity contribution in [3.05, 3.63) is 83.9 Å². The number of nitriles is 1. The number of nitrogens with zero attached hydrogens (tertiary/aromatic N) is 4. The zero-order valence-corrected chi connectivity index (χ0v) is 18.6. The molecule has 2 aromatic carbocycles. The van der Waals surface area contributed by atoms with Crippen molar-refractivity contribution in [3.63, 3.8) is 0 Å². The number of carbonyl (C=O) groups excluding carboxylic acids is 2. The number of carbonyl (C=O) groups is 2. The van der Waals surface area contributed by atoms with Crippen LogP contribution < -0.4 is 29.1 Å². The summed E-state index contributed by atoms with van der Waals surface area (Å²) in [7, 11) is 0. The summed E-state index contributed by atoms with van der Waals surface area (Å²) < 4.78 is 1.90. The fraction of sp³-hybridized carbons (Fsp3) is 0.217. The van der Waals surface area contributed by atoms with Crippen LogP contribution in [0.1, 0.15) is 24.7 Å². The van der Waals surface area contributed by atoms with Gasteiger partial charge in [-0.3, -0.25) is 9.59 Å². The van der Waals surface area contributed by atoms with E-state index in [1.165, 1.54) is 0 Å². The Morgan fingerprint density at radius 3 is 2.59 bits per heavy atom. The molecule has 1 saturated heterocycles. The number of benzene rings is 2. The maximum atomic E-state index is 12.7. The molecule has 9 heteroatoms. The number of hydrogen-bond acceptors (Lipinski definition) is 4. The number of nitrogens with one attached hydrogen (secondary N) is 1. The normalized spacial score (nSPS) is 14.8. The van der Waals surface area contributed by atoms with Crippen LogP contribution in [0, 0.1) is 11.3 Å². The molecule has 4 rings (SSSR count). The first-order valence-corrected chi connectivity index (χ1v) is 9.78. The van der Waals surface area contributed by atoms with Crippen molar-refractivity contribution in [2.75, 3.05) is 11.4 Å². The van der Waals surface area contributed by atoms with Gasteiger partial charge in [0.25, 0.3) is 0 Å². The summed E-state index contributed by atoms with van der Waals surface area (Å²) in [6, 6.07) is 18.4. The summed E-state index contributed by atoms with van der Waals surface area (Å²) in [6.45, 7) is 1.14. The Bertz CT molecular complexity index is 1100. The standard InChI is InChI=1S/C23H21N5O2.ClH.Li.H/c24-13-17-6-8-18(9-7-17)15-27-16-25-14-20(27)12-22(29)26-21-10-11-28(23(21)30)19-4-2-1-3-5-19;;;/h1-9,14,16,21H,10-12,15H2,(H,26,29);1H;;/q;;+1;-1/t21-;;;/m1.../s1. The zero-order valence-electron chi connectivity index (χ0n) is 18.8. The van der Waals surface area contributed by atoms with Crippen LogP contribution >= 0.6 is 12.4 Å². The minimum Gasteiger partial charge on any atom is -1.00 e. The van der Waals surface area contributed by atoms with Gasteiger partial charge in [-0.05, 0) is 36.2 Å². The van der Waals surface area contributed by atoms with Crippen molar-refractivity contribution >= 4 is 29.9 Å². The van der Waals surface area contributed by atoms with Gasteiger partial charge in [-0.2, -0.15) is 5.26 Å². The number of imidazole rings is 1. The van der Waals surface area contributed by atoms with Crippen molar-refractivity contribution in [2.24, 2.45) is 0 Å². The molecule has 1 aliphatic heterocycles. The summed E-state index contributed by atoms with van der Waals surface area (Å²) in [5, 5.41) is 11.8. The van der Waals surface area contributed by atoms with Gasteiger partial charge in [0.2, 0.25) is 11.8 Å². The first kappa shape index (κ1) is 25.2. The maximum absolute atomic E-state index is 12.7. The van der Waals surface area contributed by atoms with Gasteiger partial charge in [0, 0.05) is 30.7 Å². The number of halogens is 1. The van der Waals surface area contributed by atoms with Gasteiger partial charge >= 0.3 is 18.9 Å². The Labute approximate surface area is 206 Å². The monoisotopic (exact) mass is 443 g/mol. The van der Waals surface area contributed by atoms with Crippen molar-refractivity contribution < 1.29 is 29.9 Å². The van der Waals surface area contributed by atoms with Gasteiger partial charge in [-0.15, -0.1) is 12.4 Å². The SMILES string of the molecule is Cl.N#Cc1ccc(Cn2cncc2CC(=O)N[C@@H]2CCN(c3ccccc3)C2=O)cc1.[H-].[Li+]. The van der Waals surface area contributed by atoms with E-state index in [2.05, 4.69) is 16.4 Å². The van der Waals surface area contributed by atoms with E-state index < -0.39 is 6.04 Å². The molecular weight excluding hydrogens is 421 g/mol. The summed E-state index contributed by atoms with van der Waals surface area (Å²) >= 11 is 0. The fourth-order valence-corrected chi connectivity index (χ4v) is 3.61. The van der Waals surface area contributed by atoms with E-state index in [0.717, 1.165) is 16.9 Å². The Hall–Kier alpha value is -3.03. The van der Waals surface area contributed by atoms with Gasteiger partial charge in [0.1, 0.15) is 6.04 Å².